The van der Waals surface area contributed by atoms with Crippen LogP contribution >= 0.6 is 0 Å². The van der Waals surface area contributed by atoms with Crippen molar-refractivity contribution in [2.24, 2.45) is 0 Å². The number of carbonyl (C=O) groups excluding carboxylic acids is 1. The van der Waals surface area contributed by atoms with Gasteiger partial charge in [0.25, 0.3) is 0 Å². The molecule has 0 saturated carbocycles. The predicted molar refractivity (Wildman–Crippen MR) is 35.9 cm³/mol. The Hall–Kier alpha value is -0.610. The molecule has 1 amide bonds. The number of hydrogen-bond acceptors (Lipinski definition) is 3. The molecule has 0 bridgehead atoms. The molecule has 0 aromatic carbocycles. The highest BCUT2D eigenvalue weighted by Crippen LogP contribution is 1.87. The molecule has 10 heavy (non-hydrogen) atoms. The van der Waals surface area contributed by atoms with Gasteiger partial charge in [0.15, 0.2) is 0 Å². The van der Waals surface area contributed by atoms with E-state index in [0.717, 1.165) is 0 Å². The van der Waals surface area contributed by atoms with Crippen molar-refractivity contribution in [1.29, 1.82) is 0 Å². The van der Waals surface area contributed by atoms with Gasteiger partial charge in [0.05, 0.1) is 0 Å². The summed E-state index contributed by atoms with van der Waals surface area (Å²) in [6.07, 6.45) is 0.842. The monoisotopic (exact) mass is 146 g/mol. The van der Waals surface area contributed by atoms with E-state index in [1.54, 1.807) is 0 Å². The molecule has 0 fully saturated rings. The summed E-state index contributed by atoms with van der Waals surface area (Å²) >= 11 is 0. The summed E-state index contributed by atoms with van der Waals surface area (Å²) in [6, 6.07) is 0. The van der Waals surface area contributed by atoms with Gasteiger partial charge in [0.2, 0.25) is 6.41 Å². The number of ether oxygens (including phenoxy) is 2. The van der Waals surface area contributed by atoms with Crippen molar-refractivity contribution < 1.29 is 14.3 Å². The van der Waals surface area contributed by atoms with Gasteiger partial charge in [-0.05, 0) is 13.8 Å². The Balaban J connectivity index is 3.38. The van der Waals surface area contributed by atoms with Crippen LogP contribution in [0, 0.1) is 0 Å². The van der Waals surface area contributed by atoms with Crippen LogP contribution < -0.4 is 5.32 Å². The van der Waals surface area contributed by atoms with Crippen molar-refractivity contribution in [2.75, 3.05) is 13.2 Å². The van der Waals surface area contributed by atoms with Crippen LogP contribution in [0.1, 0.15) is 13.8 Å². The quantitative estimate of drug-likeness (QED) is 0.424. The lowest BCUT2D eigenvalue weighted by Crippen LogP contribution is -2.33. The van der Waals surface area contributed by atoms with Crippen LogP contribution in [0.4, 0.5) is 0 Å². The molecule has 0 aromatic rings. The molecule has 0 aromatic heterocycles. The molecule has 0 heterocycles. The lowest BCUT2D eigenvalue weighted by molar-refractivity contribution is -0.144. The number of nitrogens with one attached hydrogen (secondary N) is 1. The first kappa shape index (κ1) is 9.39. The van der Waals surface area contributed by atoms with Crippen LogP contribution in [0.2, 0.25) is 0 Å². The summed E-state index contributed by atoms with van der Waals surface area (Å²) < 4.78 is 9.85. The highest BCUT2D eigenvalue weighted by molar-refractivity contribution is 5.46. The maximum atomic E-state index is 9.77. The smallest absolute Gasteiger partial charge is 0.313 e. The molecule has 1 N–H and O–H groups in total. The summed E-state index contributed by atoms with van der Waals surface area (Å²) in [6.45, 7) is 4.63. The highest BCUT2D eigenvalue weighted by atomic mass is 16.7. The lowest BCUT2D eigenvalue weighted by atomic mass is 10.8. The van der Waals surface area contributed by atoms with Gasteiger partial charge in [-0.3, -0.25) is 10.1 Å². The Kier molecular flexibility index (Phi) is 6.11. The van der Waals surface area contributed by atoms with E-state index in [0.29, 0.717) is 13.2 Å². The molecule has 0 spiro atoms. The average Bonchev–Trinajstić information content (AvgIpc) is 1.90. The SMILES string of the molecule is CCOC(N[C]=O)OCC. The molecule has 4 heteroatoms. The van der Waals surface area contributed by atoms with Crippen molar-refractivity contribution in [2.45, 2.75) is 20.3 Å². The fraction of sp³-hybridized carbons (Fsp3) is 0.833. The van der Waals surface area contributed by atoms with Crippen LogP contribution in [0.3, 0.4) is 0 Å². The van der Waals surface area contributed by atoms with Crippen molar-refractivity contribution in [1.82, 2.24) is 5.32 Å². The van der Waals surface area contributed by atoms with E-state index >= 15 is 0 Å². The first-order valence-corrected chi connectivity index (χ1v) is 3.21. The number of rotatable bonds is 6. The van der Waals surface area contributed by atoms with E-state index < -0.39 is 6.41 Å². The first-order valence-electron chi connectivity index (χ1n) is 3.21. The molecule has 0 aliphatic heterocycles. The number of amides is 1. The molecule has 0 atom stereocenters. The maximum absolute atomic E-state index is 9.77. The lowest BCUT2D eigenvalue weighted by Gasteiger charge is -2.13. The van der Waals surface area contributed by atoms with Crippen molar-refractivity contribution in [3.63, 3.8) is 0 Å². The van der Waals surface area contributed by atoms with Crippen molar-refractivity contribution in [3.05, 3.63) is 0 Å². The fourth-order valence-electron chi connectivity index (χ4n) is 0.482. The minimum atomic E-state index is -0.646. The van der Waals surface area contributed by atoms with E-state index in [-0.39, 0.29) is 0 Å². The molecular weight excluding hydrogens is 134 g/mol. The van der Waals surface area contributed by atoms with Crippen LogP contribution in [-0.4, -0.2) is 26.0 Å². The minimum Gasteiger partial charge on any atom is -0.336 e. The van der Waals surface area contributed by atoms with Gasteiger partial charge < -0.3 is 9.47 Å². The molecule has 4 nitrogen and oxygen atoms in total. The predicted octanol–water partition coefficient (Wildman–Crippen LogP) is -0.000200. The Bertz CT molecular complexity index is 81.1. The summed E-state index contributed by atoms with van der Waals surface area (Å²) in [7, 11) is 0. The van der Waals surface area contributed by atoms with Gasteiger partial charge in [-0.1, -0.05) is 0 Å². The molecule has 0 unspecified atom stereocenters. The van der Waals surface area contributed by atoms with Gasteiger partial charge in [-0.25, -0.2) is 0 Å². The molecule has 0 rings (SSSR count). The third kappa shape index (κ3) is 4.29. The second kappa shape index (κ2) is 6.51. The Morgan fingerprint density at radius 3 is 2.20 bits per heavy atom. The Labute approximate surface area is 60.5 Å². The maximum Gasteiger partial charge on any atom is 0.313 e. The topological polar surface area (TPSA) is 47.6 Å². The largest absolute Gasteiger partial charge is 0.336 e. The zero-order chi connectivity index (χ0) is 7.82. The van der Waals surface area contributed by atoms with Crippen LogP contribution in [0.25, 0.3) is 0 Å². The van der Waals surface area contributed by atoms with E-state index in [1.807, 2.05) is 13.8 Å². The molecule has 0 aliphatic rings. The standard InChI is InChI=1S/C6H12NO3/c1-3-9-6(7-5-8)10-4-2/h6H,3-4H2,1-2H3,(H,7,8). The molecule has 59 valence electrons. The highest BCUT2D eigenvalue weighted by Gasteiger charge is 2.03. The van der Waals surface area contributed by atoms with Gasteiger partial charge in [-0.2, -0.15) is 0 Å². The first-order chi connectivity index (χ1) is 4.85. The van der Waals surface area contributed by atoms with Gasteiger partial charge in [0.1, 0.15) is 0 Å². The molecule has 1 radical (unpaired) electrons. The zero-order valence-corrected chi connectivity index (χ0v) is 6.22. The summed E-state index contributed by atoms with van der Waals surface area (Å²) in [5.41, 5.74) is 0. The van der Waals surface area contributed by atoms with Gasteiger partial charge in [-0.15, -0.1) is 0 Å². The molecular formula is C6H12NO3. The fourth-order valence-corrected chi connectivity index (χ4v) is 0.482. The van der Waals surface area contributed by atoms with E-state index in [2.05, 4.69) is 5.32 Å². The number of hydrogen-bond donors (Lipinski definition) is 1. The van der Waals surface area contributed by atoms with E-state index in [4.69, 9.17) is 9.47 Å². The molecule has 0 saturated heterocycles. The van der Waals surface area contributed by atoms with Crippen LogP contribution in [0.15, 0.2) is 0 Å². The summed E-state index contributed by atoms with van der Waals surface area (Å²) in [5, 5.41) is 2.23. The third-order valence-corrected chi connectivity index (χ3v) is 0.813. The average molecular weight is 146 g/mol. The second-order valence-corrected chi connectivity index (χ2v) is 1.49. The van der Waals surface area contributed by atoms with Crippen LogP contribution in [0.5, 0.6) is 0 Å². The minimum absolute atomic E-state index is 0.499. The van der Waals surface area contributed by atoms with E-state index in [1.165, 1.54) is 6.41 Å². The van der Waals surface area contributed by atoms with Crippen LogP contribution in [-0.2, 0) is 14.3 Å². The normalized spacial score (nSPS) is 9.90. The van der Waals surface area contributed by atoms with Gasteiger partial charge in [0, 0.05) is 13.2 Å². The van der Waals surface area contributed by atoms with Crippen molar-refractivity contribution in [3.8, 4) is 0 Å². The zero-order valence-electron chi connectivity index (χ0n) is 6.22. The molecule has 0 aliphatic carbocycles. The van der Waals surface area contributed by atoms with Gasteiger partial charge >= 0.3 is 6.41 Å². The second-order valence-electron chi connectivity index (χ2n) is 1.49. The summed E-state index contributed by atoms with van der Waals surface area (Å²) in [5.74, 6) is 0. The third-order valence-electron chi connectivity index (χ3n) is 0.813. The van der Waals surface area contributed by atoms with E-state index in [9.17, 15) is 4.79 Å². The van der Waals surface area contributed by atoms with Crippen molar-refractivity contribution >= 4 is 6.41 Å². The Morgan fingerprint density at radius 1 is 1.40 bits per heavy atom. The summed E-state index contributed by atoms with van der Waals surface area (Å²) in [4.78, 5) is 9.77. The Morgan fingerprint density at radius 2 is 1.90 bits per heavy atom.